The van der Waals surface area contributed by atoms with E-state index < -0.39 is 0 Å². The summed E-state index contributed by atoms with van der Waals surface area (Å²) in [5.41, 5.74) is 3.12. The second-order valence-corrected chi connectivity index (χ2v) is 9.25. The topological polar surface area (TPSA) is 105 Å². The Bertz CT molecular complexity index is 1300. The Labute approximate surface area is 204 Å². The minimum Gasteiger partial charge on any atom is -0.380 e. The Kier molecular flexibility index (Phi) is 6.57. The Balaban J connectivity index is 1.35. The third-order valence-electron chi connectivity index (χ3n) is 6.68. The van der Waals surface area contributed by atoms with Crippen LogP contribution in [0.15, 0.2) is 30.6 Å². The highest BCUT2D eigenvalue weighted by atomic mass is 16.5. The molecule has 0 bridgehead atoms. The lowest BCUT2D eigenvalue weighted by atomic mass is 10.1. The van der Waals surface area contributed by atoms with E-state index in [4.69, 9.17) is 4.74 Å². The summed E-state index contributed by atoms with van der Waals surface area (Å²) >= 11 is 0. The monoisotopic (exact) mass is 471 g/mol. The number of likely N-dealkylation sites (tertiary alicyclic amines) is 1. The molecule has 3 atom stereocenters. The predicted molar refractivity (Wildman–Crippen MR) is 134 cm³/mol. The van der Waals surface area contributed by atoms with Gasteiger partial charge in [0, 0.05) is 57.5 Å². The van der Waals surface area contributed by atoms with Crippen molar-refractivity contribution < 1.29 is 9.53 Å². The van der Waals surface area contributed by atoms with Crippen LogP contribution in [0.4, 0.5) is 11.6 Å². The van der Waals surface area contributed by atoms with Gasteiger partial charge in [-0.3, -0.25) is 9.69 Å². The summed E-state index contributed by atoms with van der Waals surface area (Å²) in [7, 11) is 3.55. The van der Waals surface area contributed by atoms with Gasteiger partial charge in [-0.1, -0.05) is 18.9 Å². The first kappa shape index (κ1) is 23.1. The van der Waals surface area contributed by atoms with Gasteiger partial charge in [-0.2, -0.15) is 0 Å². The number of carbonyl (C=O) groups excluding carboxylic acids is 1. The molecular weight excluding hydrogens is 442 g/mol. The number of ether oxygens (including phenoxy) is 1. The summed E-state index contributed by atoms with van der Waals surface area (Å²) in [4.78, 5) is 23.7. The molecule has 35 heavy (non-hydrogen) atoms. The third kappa shape index (κ3) is 5.24. The van der Waals surface area contributed by atoms with Crippen LogP contribution < -0.4 is 10.6 Å². The number of rotatable bonds is 6. The molecule has 1 saturated heterocycles. The molecule has 1 aliphatic carbocycles. The van der Waals surface area contributed by atoms with Crippen LogP contribution in [0, 0.1) is 23.7 Å². The Morgan fingerprint density at radius 2 is 2.09 bits per heavy atom. The quantitative estimate of drug-likeness (QED) is 0.529. The molecule has 3 aromatic heterocycles. The fourth-order valence-corrected chi connectivity index (χ4v) is 4.40. The molecule has 2 N–H and O–H groups in total. The smallest absolute Gasteiger partial charge is 0.228 e. The van der Waals surface area contributed by atoms with E-state index in [1.54, 1.807) is 26.4 Å². The normalized spacial score (nSPS) is 21.4. The van der Waals surface area contributed by atoms with E-state index >= 15 is 0 Å². The molecule has 0 unspecified atom stereocenters. The molecule has 0 aromatic carbocycles. The average Bonchev–Trinajstić information content (AvgIpc) is 3.44. The second kappa shape index (κ2) is 9.94. The number of aromatic nitrogens is 4. The van der Waals surface area contributed by atoms with E-state index in [1.165, 1.54) is 0 Å². The van der Waals surface area contributed by atoms with Crippen molar-refractivity contribution >= 4 is 28.4 Å². The van der Waals surface area contributed by atoms with E-state index in [-0.39, 0.29) is 11.8 Å². The molecule has 5 rings (SSSR count). The molecule has 180 valence electrons. The number of carbonyl (C=O) groups is 1. The maximum Gasteiger partial charge on any atom is 0.228 e. The summed E-state index contributed by atoms with van der Waals surface area (Å²) < 4.78 is 5.45. The van der Waals surface area contributed by atoms with Crippen molar-refractivity contribution in [2.75, 3.05) is 37.9 Å². The van der Waals surface area contributed by atoms with Crippen LogP contribution >= 0.6 is 0 Å². The van der Waals surface area contributed by atoms with Crippen LogP contribution in [0.25, 0.3) is 10.9 Å². The highest BCUT2D eigenvalue weighted by Crippen LogP contribution is 2.38. The summed E-state index contributed by atoms with van der Waals surface area (Å²) in [6, 6.07) is 5.81. The van der Waals surface area contributed by atoms with Gasteiger partial charge in [-0.15, -0.1) is 10.2 Å². The van der Waals surface area contributed by atoms with Crippen LogP contribution in [0.1, 0.15) is 36.6 Å². The maximum atomic E-state index is 12.4. The minimum absolute atomic E-state index is 0.0161. The Morgan fingerprint density at radius 3 is 2.77 bits per heavy atom. The zero-order valence-corrected chi connectivity index (χ0v) is 20.2. The number of pyridine rings is 2. The van der Waals surface area contributed by atoms with Gasteiger partial charge in [0.15, 0.2) is 11.6 Å². The van der Waals surface area contributed by atoms with Gasteiger partial charge in [0.2, 0.25) is 5.91 Å². The zero-order valence-electron chi connectivity index (χ0n) is 20.2. The zero-order chi connectivity index (χ0) is 24.4. The SMILES string of the molecule is CNc1ncc(C#Cc2ccc(CN3CC[C@@H](OC)C3)cn2)c2cc(NC(=O)[C@H]3C[C@H]3C)nnc12. The summed E-state index contributed by atoms with van der Waals surface area (Å²) in [5.74, 6) is 7.78. The number of methoxy groups -OCH3 is 1. The van der Waals surface area contributed by atoms with Crippen molar-refractivity contribution in [2.24, 2.45) is 11.8 Å². The van der Waals surface area contributed by atoms with Crippen LogP contribution in [-0.4, -0.2) is 64.3 Å². The number of anilines is 2. The molecule has 9 nitrogen and oxygen atoms in total. The minimum atomic E-state index is -0.0161. The molecule has 1 saturated carbocycles. The number of nitrogens with zero attached hydrogens (tertiary/aromatic N) is 5. The number of nitrogens with one attached hydrogen (secondary N) is 2. The Hall–Kier alpha value is -3.61. The van der Waals surface area contributed by atoms with Crippen molar-refractivity contribution in [3.8, 4) is 11.8 Å². The standard InChI is InChI=1S/C26H29N7O2/c1-16-10-21(16)26(34)30-23-11-22-18(13-29-25(27-2)24(22)32-31-23)5-7-19-6-4-17(12-28-19)14-33-9-8-20(15-33)35-3/h4,6,11-13,16,20-21H,8-10,14-15H2,1-3H3,(H,27,29)(H,30,31,34)/t16-,20-,21+/m1/s1. The first-order valence-electron chi connectivity index (χ1n) is 11.9. The highest BCUT2D eigenvalue weighted by Gasteiger charge is 2.39. The van der Waals surface area contributed by atoms with Gasteiger partial charge in [-0.25, -0.2) is 9.97 Å². The highest BCUT2D eigenvalue weighted by molar-refractivity contribution is 5.97. The van der Waals surface area contributed by atoms with Gasteiger partial charge in [-0.05, 0) is 42.4 Å². The largest absolute Gasteiger partial charge is 0.380 e. The van der Waals surface area contributed by atoms with Gasteiger partial charge in [0.25, 0.3) is 0 Å². The lowest BCUT2D eigenvalue weighted by Gasteiger charge is -2.15. The van der Waals surface area contributed by atoms with Crippen molar-refractivity contribution in [1.29, 1.82) is 0 Å². The fraction of sp³-hybridized carbons (Fsp3) is 0.423. The Morgan fingerprint density at radius 1 is 1.23 bits per heavy atom. The van der Waals surface area contributed by atoms with E-state index in [0.29, 0.717) is 40.4 Å². The van der Waals surface area contributed by atoms with E-state index in [0.717, 1.165) is 43.4 Å². The van der Waals surface area contributed by atoms with E-state index in [1.807, 2.05) is 12.3 Å². The molecule has 2 aliphatic rings. The fourth-order valence-electron chi connectivity index (χ4n) is 4.40. The number of fused-ring (bicyclic) bond motifs is 1. The lowest BCUT2D eigenvalue weighted by molar-refractivity contribution is -0.117. The molecular formula is C26H29N7O2. The van der Waals surface area contributed by atoms with E-state index in [2.05, 4.69) is 60.5 Å². The maximum absolute atomic E-state index is 12.4. The summed E-state index contributed by atoms with van der Waals surface area (Å²) in [5, 5.41) is 15.2. The number of amides is 1. The first-order valence-corrected chi connectivity index (χ1v) is 11.9. The molecule has 0 radical (unpaired) electrons. The van der Waals surface area contributed by atoms with Crippen LogP contribution in [-0.2, 0) is 16.1 Å². The average molecular weight is 472 g/mol. The second-order valence-electron chi connectivity index (χ2n) is 9.25. The first-order chi connectivity index (χ1) is 17.0. The van der Waals surface area contributed by atoms with Crippen molar-refractivity contribution in [3.63, 3.8) is 0 Å². The number of hydrogen-bond acceptors (Lipinski definition) is 8. The molecule has 0 spiro atoms. The van der Waals surface area contributed by atoms with Crippen LogP contribution in [0.5, 0.6) is 0 Å². The molecule has 3 aromatic rings. The van der Waals surface area contributed by atoms with Gasteiger partial charge in [0.1, 0.15) is 11.2 Å². The van der Waals surface area contributed by atoms with Crippen molar-refractivity contribution in [2.45, 2.75) is 32.4 Å². The number of hydrogen-bond donors (Lipinski definition) is 2. The molecule has 2 fully saturated rings. The van der Waals surface area contributed by atoms with Gasteiger partial charge < -0.3 is 15.4 Å². The van der Waals surface area contributed by atoms with Gasteiger partial charge >= 0.3 is 0 Å². The molecule has 4 heterocycles. The molecule has 1 amide bonds. The van der Waals surface area contributed by atoms with Crippen molar-refractivity contribution in [1.82, 2.24) is 25.1 Å². The van der Waals surface area contributed by atoms with Crippen molar-refractivity contribution in [3.05, 3.63) is 47.4 Å². The van der Waals surface area contributed by atoms with Crippen LogP contribution in [0.2, 0.25) is 0 Å². The molecule has 1 aliphatic heterocycles. The van der Waals surface area contributed by atoms with E-state index in [9.17, 15) is 4.79 Å². The summed E-state index contributed by atoms with van der Waals surface area (Å²) in [6.07, 6.45) is 5.88. The lowest BCUT2D eigenvalue weighted by Crippen LogP contribution is -2.22. The predicted octanol–water partition coefficient (Wildman–Crippen LogP) is 2.68. The molecule has 9 heteroatoms. The third-order valence-corrected chi connectivity index (χ3v) is 6.68. The summed E-state index contributed by atoms with van der Waals surface area (Å²) in [6.45, 7) is 4.91. The van der Waals surface area contributed by atoms with Gasteiger partial charge in [0.05, 0.1) is 11.7 Å². The van der Waals surface area contributed by atoms with Crippen LogP contribution in [0.3, 0.4) is 0 Å².